The number of piperidine rings is 1. The van der Waals surface area contributed by atoms with Crippen LogP contribution in [-0.4, -0.2) is 74.2 Å². The zero-order valence-electron chi connectivity index (χ0n) is 16.9. The third kappa shape index (κ3) is 4.53. The summed E-state index contributed by atoms with van der Waals surface area (Å²) in [6.45, 7) is 11.1. The lowest BCUT2D eigenvalue weighted by atomic mass is 9.94. The van der Waals surface area contributed by atoms with Crippen molar-refractivity contribution in [2.75, 3.05) is 45.8 Å². The van der Waals surface area contributed by atoms with Crippen LogP contribution in [0.4, 0.5) is 0 Å². The van der Waals surface area contributed by atoms with Gasteiger partial charge in [0.25, 0.3) is 5.91 Å². The third-order valence-corrected chi connectivity index (χ3v) is 7.91. The highest BCUT2D eigenvalue weighted by Gasteiger charge is 2.33. The van der Waals surface area contributed by atoms with Crippen molar-refractivity contribution in [3.8, 4) is 0 Å². The number of hydrogen-bond donors (Lipinski definition) is 0. The van der Waals surface area contributed by atoms with Crippen LogP contribution in [-0.2, 0) is 10.0 Å². The first kappa shape index (κ1) is 21.6. The minimum atomic E-state index is -3.65. The SMILES string of the molecule is CCN1CCN(C(=O)c2cc(S(=O)(=O)N3C[C@H](C)C[C@H](C)C3)ccc2Cl)CC1. The minimum absolute atomic E-state index is 0.147. The fourth-order valence-electron chi connectivity index (χ4n) is 4.22. The van der Waals surface area contributed by atoms with Crippen LogP contribution < -0.4 is 0 Å². The topological polar surface area (TPSA) is 60.9 Å². The Hall–Kier alpha value is -1.15. The predicted octanol–water partition coefficient (Wildman–Crippen LogP) is 2.78. The Morgan fingerprint density at radius 3 is 2.29 bits per heavy atom. The van der Waals surface area contributed by atoms with Gasteiger partial charge in [-0.05, 0) is 43.0 Å². The first-order chi connectivity index (χ1) is 13.2. The summed E-state index contributed by atoms with van der Waals surface area (Å²) in [4.78, 5) is 17.2. The standard InChI is InChI=1S/C20H30ClN3O3S/c1-4-22-7-9-23(10-8-22)20(25)18-12-17(5-6-19(18)21)28(26,27)24-13-15(2)11-16(3)14-24/h5-6,12,15-16H,4,7-11,13-14H2,1-3H3/t15-,16+. The molecule has 1 aromatic rings. The summed E-state index contributed by atoms with van der Waals surface area (Å²) in [5, 5.41) is 0.294. The van der Waals surface area contributed by atoms with Crippen LogP contribution in [0.1, 0.15) is 37.6 Å². The van der Waals surface area contributed by atoms with Crippen molar-refractivity contribution in [3.05, 3.63) is 28.8 Å². The molecular formula is C20H30ClN3O3S. The fourth-order valence-corrected chi connectivity index (χ4v) is 6.12. The number of carbonyl (C=O) groups is 1. The van der Waals surface area contributed by atoms with Gasteiger partial charge in [-0.3, -0.25) is 4.79 Å². The summed E-state index contributed by atoms with van der Waals surface area (Å²) < 4.78 is 27.9. The van der Waals surface area contributed by atoms with Crippen LogP contribution in [0.15, 0.2) is 23.1 Å². The van der Waals surface area contributed by atoms with Gasteiger partial charge in [-0.15, -0.1) is 0 Å². The summed E-state index contributed by atoms with van der Waals surface area (Å²) in [5.74, 6) is 0.446. The molecule has 0 radical (unpaired) electrons. The normalized spacial score (nSPS) is 25.1. The van der Waals surface area contributed by atoms with Crippen molar-refractivity contribution in [1.82, 2.24) is 14.1 Å². The number of nitrogens with zero attached hydrogens (tertiary/aromatic N) is 3. The van der Waals surface area contributed by atoms with Crippen LogP contribution in [0, 0.1) is 11.8 Å². The van der Waals surface area contributed by atoms with E-state index in [9.17, 15) is 13.2 Å². The lowest BCUT2D eigenvalue weighted by Crippen LogP contribution is -2.48. The Bertz CT molecular complexity index is 812. The highest BCUT2D eigenvalue weighted by molar-refractivity contribution is 7.89. The minimum Gasteiger partial charge on any atom is -0.336 e. The van der Waals surface area contributed by atoms with Gasteiger partial charge in [0, 0.05) is 39.3 Å². The van der Waals surface area contributed by atoms with E-state index in [1.54, 1.807) is 9.21 Å². The van der Waals surface area contributed by atoms with Gasteiger partial charge < -0.3 is 9.80 Å². The summed E-state index contributed by atoms with van der Waals surface area (Å²) >= 11 is 6.28. The molecule has 2 aliphatic heterocycles. The molecule has 8 heteroatoms. The van der Waals surface area contributed by atoms with Crippen molar-refractivity contribution in [3.63, 3.8) is 0 Å². The number of hydrogen-bond acceptors (Lipinski definition) is 4. The number of sulfonamides is 1. The average molecular weight is 428 g/mol. The number of likely N-dealkylation sites (N-methyl/N-ethyl adjacent to an activating group) is 1. The van der Waals surface area contributed by atoms with Crippen molar-refractivity contribution in [2.24, 2.45) is 11.8 Å². The number of amides is 1. The second kappa shape index (κ2) is 8.69. The summed E-state index contributed by atoms with van der Waals surface area (Å²) in [6.07, 6.45) is 1.03. The van der Waals surface area contributed by atoms with Gasteiger partial charge in [-0.25, -0.2) is 8.42 Å². The molecule has 0 N–H and O–H groups in total. The van der Waals surface area contributed by atoms with E-state index in [0.717, 1.165) is 26.1 Å². The predicted molar refractivity (Wildman–Crippen MR) is 111 cm³/mol. The van der Waals surface area contributed by atoms with Gasteiger partial charge >= 0.3 is 0 Å². The maximum Gasteiger partial charge on any atom is 0.255 e. The summed E-state index contributed by atoms with van der Waals surface area (Å²) in [7, 11) is -3.65. The maximum absolute atomic E-state index is 13.2. The van der Waals surface area contributed by atoms with Crippen LogP contribution >= 0.6 is 11.6 Å². The Morgan fingerprint density at radius 1 is 1.11 bits per heavy atom. The first-order valence-corrected chi connectivity index (χ1v) is 11.9. The van der Waals surface area contributed by atoms with E-state index < -0.39 is 10.0 Å². The van der Waals surface area contributed by atoms with Gasteiger partial charge in [-0.1, -0.05) is 32.4 Å². The fraction of sp³-hybridized carbons (Fsp3) is 0.650. The molecule has 2 heterocycles. The molecule has 0 bridgehead atoms. The molecule has 0 aromatic heterocycles. The van der Waals surface area contributed by atoms with Gasteiger partial charge in [0.2, 0.25) is 10.0 Å². The van der Waals surface area contributed by atoms with Crippen LogP contribution in [0.2, 0.25) is 5.02 Å². The highest BCUT2D eigenvalue weighted by Crippen LogP contribution is 2.29. The van der Waals surface area contributed by atoms with Crippen molar-refractivity contribution in [1.29, 1.82) is 0 Å². The number of piperazine rings is 1. The van der Waals surface area contributed by atoms with E-state index in [2.05, 4.69) is 25.7 Å². The van der Waals surface area contributed by atoms with Crippen molar-refractivity contribution >= 4 is 27.5 Å². The molecule has 156 valence electrons. The van der Waals surface area contributed by atoms with E-state index in [4.69, 9.17) is 11.6 Å². The lowest BCUT2D eigenvalue weighted by Gasteiger charge is -2.35. The molecule has 0 saturated carbocycles. The first-order valence-electron chi connectivity index (χ1n) is 10.0. The van der Waals surface area contributed by atoms with Crippen LogP contribution in [0.25, 0.3) is 0 Å². The molecule has 0 spiro atoms. The smallest absolute Gasteiger partial charge is 0.255 e. The van der Waals surface area contributed by atoms with E-state index in [1.807, 2.05) is 0 Å². The molecule has 1 aromatic carbocycles. The zero-order chi connectivity index (χ0) is 20.5. The molecule has 2 aliphatic rings. The Morgan fingerprint density at radius 2 is 1.71 bits per heavy atom. The van der Waals surface area contributed by atoms with Crippen molar-refractivity contribution < 1.29 is 13.2 Å². The Kier molecular flexibility index (Phi) is 6.69. The highest BCUT2D eigenvalue weighted by atomic mass is 35.5. The zero-order valence-corrected chi connectivity index (χ0v) is 18.5. The third-order valence-electron chi connectivity index (χ3n) is 5.75. The van der Waals surface area contributed by atoms with Crippen LogP contribution in [0.3, 0.4) is 0 Å². The molecule has 1 amide bonds. The lowest BCUT2D eigenvalue weighted by molar-refractivity contribution is 0.0643. The molecule has 2 atom stereocenters. The van der Waals surface area contributed by atoms with Gasteiger partial charge in [-0.2, -0.15) is 4.31 Å². The molecule has 0 aliphatic carbocycles. The maximum atomic E-state index is 13.2. The van der Waals surface area contributed by atoms with Gasteiger partial charge in [0.1, 0.15) is 0 Å². The van der Waals surface area contributed by atoms with E-state index in [0.29, 0.717) is 43.0 Å². The molecule has 0 unspecified atom stereocenters. The summed E-state index contributed by atoms with van der Waals surface area (Å²) in [6, 6.07) is 4.49. The second-order valence-corrected chi connectivity index (χ2v) is 10.5. The number of halogens is 1. The molecule has 28 heavy (non-hydrogen) atoms. The molecule has 2 saturated heterocycles. The number of benzene rings is 1. The molecule has 2 fully saturated rings. The van der Waals surface area contributed by atoms with Crippen molar-refractivity contribution in [2.45, 2.75) is 32.1 Å². The quantitative estimate of drug-likeness (QED) is 0.741. The monoisotopic (exact) mass is 427 g/mol. The van der Waals surface area contributed by atoms with Crippen LogP contribution in [0.5, 0.6) is 0 Å². The number of carbonyl (C=O) groups excluding carboxylic acids is 1. The second-order valence-electron chi connectivity index (χ2n) is 8.14. The number of rotatable bonds is 4. The van der Waals surface area contributed by atoms with Gasteiger partial charge in [0.15, 0.2) is 0 Å². The van der Waals surface area contributed by atoms with E-state index in [1.165, 1.54) is 18.2 Å². The Labute approximate surface area is 173 Å². The Balaban J connectivity index is 1.84. The summed E-state index contributed by atoms with van der Waals surface area (Å²) in [5.41, 5.74) is 0.269. The molecule has 6 nitrogen and oxygen atoms in total. The van der Waals surface area contributed by atoms with Gasteiger partial charge in [0.05, 0.1) is 15.5 Å². The molecule has 3 rings (SSSR count). The average Bonchev–Trinajstić information content (AvgIpc) is 2.67. The molecular weight excluding hydrogens is 398 g/mol. The van der Waals surface area contributed by atoms with E-state index in [-0.39, 0.29) is 16.4 Å². The van der Waals surface area contributed by atoms with E-state index >= 15 is 0 Å². The largest absolute Gasteiger partial charge is 0.336 e.